The number of primary sulfonamides is 1. The van der Waals surface area contributed by atoms with Crippen LogP contribution in [0.5, 0.6) is 0 Å². The van der Waals surface area contributed by atoms with Gasteiger partial charge in [0, 0.05) is 12.6 Å². The van der Waals surface area contributed by atoms with Crippen molar-refractivity contribution in [3.8, 4) is 11.1 Å². The fourth-order valence-electron chi connectivity index (χ4n) is 2.66. The van der Waals surface area contributed by atoms with E-state index in [-0.39, 0.29) is 10.6 Å². The zero-order valence-electron chi connectivity index (χ0n) is 14.2. The first-order valence-electron chi connectivity index (χ1n) is 8.04. The van der Waals surface area contributed by atoms with Crippen LogP contribution in [-0.4, -0.2) is 13.3 Å². The van der Waals surface area contributed by atoms with Crippen LogP contribution in [0.15, 0.2) is 77.7 Å². The SMILES string of the molecule is NS(=O)(=O)c1cccc(-c2ccc([N+](=O)[O-])c(NCc3ccccc3)c2)c1. The van der Waals surface area contributed by atoms with Gasteiger partial charge in [-0.2, -0.15) is 0 Å². The van der Waals surface area contributed by atoms with Crippen molar-refractivity contribution in [3.05, 3.63) is 88.5 Å². The number of nitro benzene ring substituents is 1. The van der Waals surface area contributed by atoms with E-state index < -0.39 is 14.9 Å². The largest absolute Gasteiger partial charge is 0.375 e. The molecular weight excluding hydrogens is 366 g/mol. The van der Waals surface area contributed by atoms with E-state index in [1.165, 1.54) is 18.2 Å². The van der Waals surface area contributed by atoms with E-state index in [2.05, 4.69) is 5.32 Å². The second kappa shape index (κ2) is 7.56. The molecule has 3 aromatic carbocycles. The van der Waals surface area contributed by atoms with Gasteiger partial charge >= 0.3 is 0 Å². The number of hydrogen-bond acceptors (Lipinski definition) is 5. The Labute approximate surface area is 156 Å². The van der Waals surface area contributed by atoms with E-state index >= 15 is 0 Å². The van der Waals surface area contributed by atoms with Gasteiger partial charge in [0.1, 0.15) is 5.69 Å². The second-order valence-electron chi connectivity index (χ2n) is 5.90. The fraction of sp³-hybridized carbons (Fsp3) is 0.0526. The Kier molecular flexibility index (Phi) is 5.20. The number of rotatable bonds is 6. The van der Waals surface area contributed by atoms with Crippen LogP contribution in [0.4, 0.5) is 11.4 Å². The van der Waals surface area contributed by atoms with E-state index in [0.717, 1.165) is 5.56 Å². The van der Waals surface area contributed by atoms with Crippen LogP contribution in [0, 0.1) is 10.1 Å². The molecule has 0 radical (unpaired) electrons. The van der Waals surface area contributed by atoms with Crippen LogP contribution in [0.25, 0.3) is 11.1 Å². The Morgan fingerprint density at radius 1 is 0.926 bits per heavy atom. The predicted molar refractivity (Wildman–Crippen MR) is 104 cm³/mol. The number of benzene rings is 3. The molecule has 8 heteroatoms. The third-order valence-corrected chi connectivity index (χ3v) is 4.93. The normalized spacial score (nSPS) is 11.1. The molecule has 0 heterocycles. The molecule has 0 saturated carbocycles. The summed E-state index contributed by atoms with van der Waals surface area (Å²) in [5.41, 5.74) is 2.51. The van der Waals surface area contributed by atoms with Gasteiger partial charge in [-0.1, -0.05) is 42.5 Å². The number of nitrogens with two attached hydrogens (primary N) is 1. The van der Waals surface area contributed by atoms with Gasteiger partial charge in [-0.25, -0.2) is 13.6 Å². The van der Waals surface area contributed by atoms with Crippen molar-refractivity contribution in [2.45, 2.75) is 11.4 Å². The van der Waals surface area contributed by atoms with Gasteiger partial charge in [-0.3, -0.25) is 10.1 Å². The predicted octanol–water partition coefficient (Wildman–Crippen LogP) is 3.52. The van der Waals surface area contributed by atoms with Gasteiger partial charge in [0.2, 0.25) is 10.0 Å². The van der Waals surface area contributed by atoms with Gasteiger partial charge in [0.25, 0.3) is 5.69 Å². The van der Waals surface area contributed by atoms with E-state index in [0.29, 0.717) is 23.4 Å². The summed E-state index contributed by atoms with van der Waals surface area (Å²) < 4.78 is 23.1. The average Bonchev–Trinajstić information content (AvgIpc) is 2.66. The number of anilines is 1. The first kappa shape index (κ1) is 18.6. The van der Waals surface area contributed by atoms with Crippen LogP contribution >= 0.6 is 0 Å². The van der Waals surface area contributed by atoms with Gasteiger partial charge in [0.15, 0.2) is 0 Å². The number of nitro groups is 1. The monoisotopic (exact) mass is 383 g/mol. The second-order valence-corrected chi connectivity index (χ2v) is 7.46. The molecule has 7 nitrogen and oxygen atoms in total. The minimum atomic E-state index is -3.84. The first-order chi connectivity index (χ1) is 12.8. The molecule has 0 bridgehead atoms. The molecule has 0 spiro atoms. The van der Waals surface area contributed by atoms with E-state index in [1.807, 2.05) is 30.3 Å². The molecule has 3 rings (SSSR count). The summed E-state index contributed by atoms with van der Waals surface area (Å²) in [6.45, 7) is 0.419. The van der Waals surface area contributed by atoms with Crippen LogP contribution in [0.1, 0.15) is 5.56 Å². The van der Waals surface area contributed by atoms with Crippen LogP contribution < -0.4 is 10.5 Å². The quantitative estimate of drug-likeness (QED) is 0.499. The number of nitrogens with zero attached hydrogens (tertiary/aromatic N) is 1. The van der Waals surface area contributed by atoms with Crippen molar-refractivity contribution in [1.82, 2.24) is 0 Å². The smallest absolute Gasteiger partial charge is 0.292 e. The average molecular weight is 383 g/mol. The molecule has 0 aromatic heterocycles. The van der Waals surface area contributed by atoms with Crippen molar-refractivity contribution < 1.29 is 13.3 Å². The number of nitrogens with one attached hydrogen (secondary N) is 1. The molecule has 27 heavy (non-hydrogen) atoms. The molecule has 0 saturated heterocycles. The zero-order chi connectivity index (χ0) is 19.4. The number of hydrogen-bond donors (Lipinski definition) is 2. The fourth-order valence-corrected chi connectivity index (χ4v) is 3.22. The lowest BCUT2D eigenvalue weighted by Gasteiger charge is -2.10. The van der Waals surface area contributed by atoms with Crippen molar-refractivity contribution >= 4 is 21.4 Å². The van der Waals surface area contributed by atoms with E-state index in [1.54, 1.807) is 24.3 Å². The van der Waals surface area contributed by atoms with Gasteiger partial charge in [0.05, 0.1) is 9.82 Å². The first-order valence-corrected chi connectivity index (χ1v) is 9.59. The molecule has 3 aromatic rings. The molecule has 0 amide bonds. The molecule has 0 fully saturated rings. The van der Waals surface area contributed by atoms with Crippen molar-refractivity contribution in [2.24, 2.45) is 5.14 Å². The third kappa shape index (κ3) is 4.49. The summed E-state index contributed by atoms with van der Waals surface area (Å²) >= 11 is 0. The molecule has 0 aliphatic rings. The molecule has 0 unspecified atom stereocenters. The highest BCUT2D eigenvalue weighted by Crippen LogP contribution is 2.31. The highest BCUT2D eigenvalue weighted by atomic mass is 32.2. The Morgan fingerprint density at radius 2 is 1.63 bits per heavy atom. The summed E-state index contributed by atoms with van der Waals surface area (Å²) in [4.78, 5) is 10.9. The molecule has 0 aliphatic heterocycles. The minimum absolute atomic E-state index is 0.0165. The maximum Gasteiger partial charge on any atom is 0.292 e. The van der Waals surface area contributed by atoms with Crippen LogP contribution in [0.2, 0.25) is 0 Å². The Bertz CT molecular complexity index is 1080. The number of sulfonamides is 1. The Morgan fingerprint density at radius 3 is 2.30 bits per heavy atom. The highest BCUT2D eigenvalue weighted by Gasteiger charge is 2.16. The summed E-state index contributed by atoms with van der Waals surface area (Å²) in [7, 11) is -3.84. The summed E-state index contributed by atoms with van der Waals surface area (Å²) in [6.07, 6.45) is 0. The molecule has 0 aliphatic carbocycles. The summed E-state index contributed by atoms with van der Waals surface area (Å²) in [5, 5.41) is 19.6. The van der Waals surface area contributed by atoms with Crippen LogP contribution in [-0.2, 0) is 16.6 Å². The van der Waals surface area contributed by atoms with E-state index in [9.17, 15) is 18.5 Å². The third-order valence-electron chi connectivity index (χ3n) is 4.01. The topological polar surface area (TPSA) is 115 Å². The van der Waals surface area contributed by atoms with Crippen molar-refractivity contribution in [1.29, 1.82) is 0 Å². The van der Waals surface area contributed by atoms with Crippen molar-refractivity contribution in [2.75, 3.05) is 5.32 Å². The van der Waals surface area contributed by atoms with Crippen LogP contribution in [0.3, 0.4) is 0 Å². The summed E-state index contributed by atoms with van der Waals surface area (Å²) in [6, 6.07) is 20.2. The lowest BCUT2D eigenvalue weighted by Crippen LogP contribution is -2.11. The Balaban J connectivity index is 1.97. The van der Waals surface area contributed by atoms with Gasteiger partial charge in [-0.05, 0) is 41.0 Å². The maximum absolute atomic E-state index is 11.6. The standard InChI is InChI=1S/C19H17N3O4S/c20-27(25,26)17-8-4-7-15(11-17)16-9-10-19(22(23)24)18(12-16)21-13-14-5-2-1-3-6-14/h1-12,21H,13H2,(H2,20,25,26). The zero-order valence-corrected chi connectivity index (χ0v) is 15.0. The maximum atomic E-state index is 11.6. The lowest BCUT2D eigenvalue weighted by atomic mass is 10.0. The minimum Gasteiger partial charge on any atom is -0.375 e. The highest BCUT2D eigenvalue weighted by molar-refractivity contribution is 7.89. The molecular formula is C19H17N3O4S. The van der Waals surface area contributed by atoms with E-state index in [4.69, 9.17) is 5.14 Å². The Hall–Kier alpha value is -3.23. The lowest BCUT2D eigenvalue weighted by molar-refractivity contribution is -0.384. The molecule has 3 N–H and O–H groups in total. The summed E-state index contributed by atoms with van der Waals surface area (Å²) in [5.74, 6) is 0. The molecule has 138 valence electrons. The molecule has 0 atom stereocenters. The van der Waals surface area contributed by atoms with Crippen molar-refractivity contribution in [3.63, 3.8) is 0 Å². The van der Waals surface area contributed by atoms with Gasteiger partial charge < -0.3 is 5.32 Å². The van der Waals surface area contributed by atoms with Gasteiger partial charge in [-0.15, -0.1) is 0 Å².